The van der Waals surface area contributed by atoms with Gasteiger partial charge in [0.05, 0.1) is 0 Å². The molecule has 1 nitrogen and oxygen atoms in total. The minimum Gasteiger partial charge on any atom is -0.310 e. The number of hydrogen-bond donors (Lipinski definition) is 1. The molecule has 1 N–H and O–H groups in total. The molecular weight excluding hydrogens is 317 g/mol. The van der Waals surface area contributed by atoms with Crippen LogP contribution in [0.25, 0.3) is 0 Å². The van der Waals surface area contributed by atoms with E-state index in [9.17, 15) is 4.39 Å². The highest BCUT2D eigenvalue weighted by atomic mass is 79.9. The van der Waals surface area contributed by atoms with E-state index in [-0.39, 0.29) is 11.9 Å². The van der Waals surface area contributed by atoms with Crippen molar-refractivity contribution in [3.63, 3.8) is 0 Å². The Morgan fingerprint density at radius 3 is 2.60 bits per heavy atom. The minimum absolute atomic E-state index is 0.0267. The third-order valence-electron chi connectivity index (χ3n) is 3.36. The van der Waals surface area contributed by atoms with Crippen LogP contribution in [0.4, 0.5) is 4.39 Å². The summed E-state index contributed by atoms with van der Waals surface area (Å²) in [5.74, 6) is -0.164. The maximum atomic E-state index is 13.8. The first-order valence-corrected chi connectivity index (χ1v) is 7.68. The predicted octanol–water partition coefficient (Wildman–Crippen LogP) is 4.87. The van der Waals surface area contributed by atoms with E-state index in [0.717, 1.165) is 23.9 Å². The molecule has 0 aliphatic heterocycles. The Hall–Kier alpha value is -1.19. The maximum absolute atomic E-state index is 13.8. The predicted molar refractivity (Wildman–Crippen MR) is 85.3 cm³/mol. The molecule has 2 aromatic carbocycles. The second kappa shape index (κ2) is 7.55. The van der Waals surface area contributed by atoms with E-state index in [0.29, 0.717) is 5.56 Å². The van der Waals surface area contributed by atoms with E-state index >= 15 is 0 Å². The fraction of sp³-hybridized carbons (Fsp3) is 0.294. The van der Waals surface area contributed by atoms with Crippen LogP contribution in [0.5, 0.6) is 0 Å². The van der Waals surface area contributed by atoms with Crippen molar-refractivity contribution in [1.29, 1.82) is 0 Å². The van der Waals surface area contributed by atoms with Gasteiger partial charge in [0.25, 0.3) is 0 Å². The van der Waals surface area contributed by atoms with Gasteiger partial charge in [-0.05, 0) is 44.0 Å². The van der Waals surface area contributed by atoms with Gasteiger partial charge in [0.15, 0.2) is 0 Å². The first-order valence-electron chi connectivity index (χ1n) is 6.89. The lowest BCUT2D eigenvalue weighted by molar-refractivity contribution is 0.521. The molecule has 0 bridgehead atoms. The van der Waals surface area contributed by atoms with Crippen molar-refractivity contribution >= 4 is 15.9 Å². The zero-order chi connectivity index (χ0) is 14.4. The molecule has 1 unspecified atom stereocenters. The molecule has 106 valence electrons. The smallest absolute Gasteiger partial charge is 0.129 e. The van der Waals surface area contributed by atoms with Crippen molar-refractivity contribution in [2.75, 3.05) is 6.54 Å². The molecule has 1 atom stereocenters. The van der Waals surface area contributed by atoms with Crippen LogP contribution in [-0.4, -0.2) is 6.54 Å². The number of benzene rings is 2. The molecule has 0 aliphatic rings. The summed E-state index contributed by atoms with van der Waals surface area (Å²) in [7, 11) is 0. The van der Waals surface area contributed by atoms with Gasteiger partial charge in [-0.1, -0.05) is 52.3 Å². The Morgan fingerprint density at radius 1 is 1.15 bits per heavy atom. The average molecular weight is 336 g/mol. The zero-order valence-electron chi connectivity index (χ0n) is 11.6. The first kappa shape index (κ1) is 15.2. The Bertz CT molecular complexity index is 542. The lowest BCUT2D eigenvalue weighted by Gasteiger charge is -2.15. The van der Waals surface area contributed by atoms with Crippen LogP contribution in [0.15, 0.2) is 53.0 Å². The second-order valence-corrected chi connectivity index (χ2v) is 5.85. The van der Waals surface area contributed by atoms with E-state index in [1.165, 1.54) is 11.6 Å². The summed E-state index contributed by atoms with van der Waals surface area (Å²) in [6.07, 6.45) is 2.09. The van der Waals surface area contributed by atoms with Crippen LogP contribution in [0, 0.1) is 5.82 Å². The average Bonchev–Trinajstić information content (AvgIpc) is 2.44. The lowest BCUT2D eigenvalue weighted by Crippen LogP contribution is -2.21. The second-order valence-electron chi connectivity index (χ2n) is 4.93. The van der Waals surface area contributed by atoms with Gasteiger partial charge >= 0.3 is 0 Å². The summed E-state index contributed by atoms with van der Waals surface area (Å²) in [6, 6.07) is 15.7. The summed E-state index contributed by atoms with van der Waals surface area (Å²) in [4.78, 5) is 0. The van der Waals surface area contributed by atoms with Crippen LogP contribution in [-0.2, 0) is 6.42 Å². The maximum Gasteiger partial charge on any atom is 0.129 e. The number of nitrogens with one attached hydrogen (secondary N) is 1. The quantitative estimate of drug-likeness (QED) is 0.742. The molecule has 0 saturated carbocycles. The molecule has 0 spiro atoms. The summed E-state index contributed by atoms with van der Waals surface area (Å²) in [6.45, 7) is 2.88. The summed E-state index contributed by atoms with van der Waals surface area (Å²) in [5.41, 5.74) is 2.06. The van der Waals surface area contributed by atoms with Crippen molar-refractivity contribution in [3.05, 3.63) is 69.9 Å². The molecule has 0 aliphatic carbocycles. The van der Waals surface area contributed by atoms with Crippen LogP contribution in [0.1, 0.15) is 30.5 Å². The summed E-state index contributed by atoms with van der Waals surface area (Å²) < 4.78 is 14.6. The van der Waals surface area contributed by atoms with Crippen LogP contribution in [0.3, 0.4) is 0 Å². The van der Waals surface area contributed by atoms with E-state index in [1.807, 2.05) is 25.1 Å². The van der Waals surface area contributed by atoms with E-state index in [1.54, 1.807) is 0 Å². The van der Waals surface area contributed by atoms with Crippen molar-refractivity contribution in [2.45, 2.75) is 25.8 Å². The van der Waals surface area contributed by atoms with Gasteiger partial charge in [-0.3, -0.25) is 0 Å². The van der Waals surface area contributed by atoms with Gasteiger partial charge < -0.3 is 5.32 Å². The molecule has 0 amide bonds. The van der Waals surface area contributed by atoms with Crippen molar-refractivity contribution < 1.29 is 4.39 Å². The molecule has 0 saturated heterocycles. The van der Waals surface area contributed by atoms with Gasteiger partial charge in [-0.15, -0.1) is 0 Å². The number of rotatable bonds is 6. The molecule has 3 heteroatoms. The minimum atomic E-state index is -0.164. The van der Waals surface area contributed by atoms with Crippen LogP contribution in [0.2, 0.25) is 0 Å². The number of hydrogen-bond acceptors (Lipinski definition) is 1. The Morgan fingerprint density at radius 2 is 1.90 bits per heavy atom. The number of aryl methyl sites for hydroxylation is 1. The van der Waals surface area contributed by atoms with Gasteiger partial charge in [0.1, 0.15) is 5.82 Å². The Balaban J connectivity index is 1.79. The SMILES string of the molecule is CC(NCCCc1ccccc1)c1ccc(Br)cc1F. The summed E-state index contributed by atoms with van der Waals surface area (Å²) in [5, 5.41) is 3.37. The molecule has 2 aromatic rings. The third-order valence-corrected chi connectivity index (χ3v) is 3.86. The van der Waals surface area contributed by atoms with Crippen LogP contribution >= 0.6 is 15.9 Å². The van der Waals surface area contributed by atoms with Crippen molar-refractivity contribution in [2.24, 2.45) is 0 Å². The van der Waals surface area contributed by atoms with Gasteiger partial charge in [-0.25, -0.2) is 4.39 Å². The highest BCUT2D eigenvalue weighted by molar-refractivity contribution is 9.10. The van der Waals surface area contributed by atoms with Gasteiger partial charge in [-0.2, -0.15) is 0 Å². The van der Waals surface area contributed by atoms with Gasteiger partial charge in [0, 0.05) is 16.1 Å². The molecule has 0 aromatic heterocycles. The Kier molecular flexibility index (Phi) is 5.74. The molecular formula is C17H19BrFN. The van der Waals surface area contributed by atoms with E-state index in [4.69, 9.17) is 0 Å². The first-order chi connectivity index (χ1) is 9.66. The fourth-order valence-corrected chi connectivity index (χ4v) is 2.55. The van der Waals surface area contributed by atoms with E-state index < -0.39 is 0 Å². The molecule has 0 fully saturated rings. The molecule has 2 rings (SSSR count). The van der Waals surface area contributed by atoms with Crippen LogP contribution < -0.4 is 5.32 Å². The molecule has 20 heavy (non-hydrogen) atoms. The topological polar surface area (TPSA) is 12.0 Å². The standard InChI is InChI=1S/C17H19BrFN/c1-13(16-10-9-15(18)12-17(16)19)20-11-5-8-14-6-3-2-4-7-14/h2-4,6-7,9-10,12-13,20H,5,8,11H2,1H3. The lowest BCUT2D eigenvalue weighted by atomic mass is 10.1. The van der Waals surface area contributed by atoms with Crippen molar-refractivity contribution in [1.82, 2.24) is 5.32 Å². The van der Waals surface area contributed by atoms with Gasteiger partial charge in [0.2, 0.25) is 0 Å². The molecule has 0 radical (unpaired) electrons. The van der Waals surface area contributed by atoms with E-state index in [2.05, 4.69) is 45.5 Å². The number of halogens is 2. The largest absolute Gasteiger partial charge is 0.310 e. The highest BCUT2D eigenvalue weighted by Gasteiger charge is 2.10. The normalized spacial score (nSPS) is 12.3. The highest BCUT2D eigenvalue weighted by Crippen LogP contribution is 2.20. The fourth-order valence-electron chi connectivity index (χ4n) is 2.22. The molecule has 0 heterocycles. The van der Waals surface area contributed by atoms with Crippen molar-refractivity contribution in [3.8, 4) is 0 Å². The Labute approximate surface area is 128 Å². The third kappa shape index (κ3) is 4.43. The summed E-state index contributed by atoms with van der Waals surface area (Å²) >= 11 is 3.27. The zero-order valence-corrected chi connectivity index (χ0v) is 13.2. The monoisotopic (exact) mass is 335 g/mol.